The fourth-order valence-electron chi connectivity index (χ4n) is 2.62. The summed E-state index contributed by atoms with van der Waals surface area (Å²) in [4.78, 5) is 14.2. The van der Waals surface area contributed by atoms with Crippen molar-refractivity contribution in [2.45, 2.75) is 18.2 Å². The molecule has 134 valence electrons. The zero-order chi connectivity index (χ0) is 18.4. The van der Waals surface area contributed by atoms with Gasteiger partial charge in [-0.05, 0) is 29.7 Å². The van der Waals surface area contributed by atoms with Gasteiger partial charge in [-0.25, -0.2) is 8.42 Å². The van der Waals surface area contributed by atoms with E-state index in [2.05, 4.69) is 0 Å². The number of sulfone groups is 1. The molecule has 0 N–H and O–H groups in total. The molecule has 2 rings (SSSR count). The number of carbonyl (C=O) groups excluding carboxylic acids is 1. The molecule has 0 bridgehead atoms. The highest BCUT2D eigenvalue weighted by molar-refractivity contribution is 7.92. The topological polar surface area (TPSA) is 63.7 Å². The van der Waals surface area contributed by atoms with Crippen LogP contribution in [0.1, 0.15) is 11.1 Å². The number of rotatable bonds is 7. The molecule has 1 amide bonds. The lowest BCUT2D eigenvalue weighted by atomic mass is 10.1. The average Bonchev–Trinajstić information content (AvgIpc) is 2.59. The minimum atomic E-state index is -3.53. The van der Waals surface area contributed by atoms with Crippen LogP contribution >= 0.6 is 0 Å². The molecule has 6 heteroatoms. The van der Waals surface area contributed by atoms with Crippen molar-refractivity contribution in [2.24, 2.45) is 0 Å². The van der Waals surface area contributed by atoms with Crippen molar-refractivity contribution >= 4 is 15.7 Å². The number of carbonyl (C=O) groups is 1. The number of ether oxygens (including phenoxy) is 1. The normalized spacial score (nSPS) is 12.4. The predicted molar refractivity (Wildman–Crippen MR) is 98.2 cm³/mol. The fourth-order valence-corrected chi connectivity index (χ4v) is 3.66. The predicted octanol–water partition coefficient (Wildman–Crippen LogP) is 2.31. The lowest BCUT2D eigenvalue weighted by Crippen LogP contribution is -2.41. The molecule has 0 spiro atoms. The summed E-state index contributed by atoms with van der Waals surface area (Å²) in [6.45, 7) is 0.316. The number of hydrogen-bond acceptors (Lipinski definition) is 4. The number of benzene rings is 2. The van der Waals surface area contributed by atoms with E-state index in [1.807, 2.05) is 54.6 Å². The average molecular weight is 361 g/mol. The van der Waals surface area contributed by atoms with Crippen molar-refractivity contribution in [2.75, 3.05) is 20.4 Å². The molecule has 5 nitrogen and oxygen atoms in total. The van der Waals surface area contributed by atoms with E-state index >= 15 is 0 Å². The molecule has 1 atom stereocenters. The van der Waals surface area contributed by atoms with Gasteiger partial charge in [0, 0.05) is 19.8 Å². The molecule has 0 saturated heterocycles. The van der Waals surface area contributed by atoms with Crippen molar-refractivity contribution in [3.05, 3.63) is 65.7 Å². The van der Waals surface area contributed by atoms with E-state index in [0.29, 0.717) is 12.3 Å². The first-order chi connectivity index (χ1) is 11.8. The van der Waals surface area contributed by atoms with Crippen LogP contribution in [0.4, 0.5) is 0 Å². The maximum atomic E-state index is 12.8. The first kappa shape index (κ1) is 19.0. The van der Waals surface area contributed by atoms with Crippen LogP contribution < -0.4 is 4.74 Å². The third-order valence-electron chi connectivity index (χ3n) is 3.99. The lowest BCUT2D eigenvalue weighted by molar-refractivity contribution is -0.129. The van der Waals surface area contributed by atoms with E-state index in [4.69, 9.17) is 4.74 Å². The molecule has 25 heavy (non-hydrogen) atoms. The van der Waals surface area contributed by atoms with Crippen LogP contribution in [0.3, 0.4) is 0 Å². The van der Waals surface area contributed by atoms with E-state index in [1.54, 1.807) is 14.2 Å². The minimum Gasteiger partial charge on any atom is -0.497 e. The molecule has 0 radical (unpaired) electrons. The number of hydrogen-bond donors (Lipinski definition) is 0. The summed E-state index contributed by atoms with van der Waals surface area (Å²) in [6.07, 6.45) is 1.28. The molecule has 0 aliphatic carbocycles. The highest BCUT2D eigenvalue weighted by Gasteiger charge is 2.31. The molecule has 0 saturated carbocycles. The van der Waals surface area contributed by atoms with E-state index in [9.17, 15) is 13.2 Å². The van der Waals surface area contributed by atoms with Gasteiger partial charge >= 0.3 is 0 Å². The Balaban J connectivity index is 2.17. The number of methoxy groups -OCH3 is 1. The third-order valence-corrected chi connectivity index (χ3v) is 5.39. The molecule has 2 aromatic rings. The Morgan fingerprint density at radius 3 is 2.32 bits per heavy atom. The van der Waals surface area contributed by atoms with Gasteiger partial charge in [-0.1, -0.05) is 42.5 Å². The second-order valence-corrected chi connectivity index (χ2v) is 8.28. The molecule has 0 aliphatic rings. The Kier molecular flexibility index (Phi) is 6.20. The second kappa shape index (κ2) is 8.16. The maximum Gasteiger partial charge on any atom is 0.241 e. The van der Waals surface area contributed by atoms with E-state index in [-0.39, 0.29) is 6.42 Å². The highest BCUT2D eigenvalue weighted by atomic mass is 32.2. The molecule has 0 fully saturated rings. The first-order valence-corrected chi connectivity index (χ1v) is 9.87. The molecule has 0 aliphatic heterocycles. The van der Waals surface area contributed by atoms with Crippen LogP contribution in [0.2, 0.25) is 0 Å². The standard InChI is InChI=1S/C19H23NO4S/c1-20(14-16-10-7-11-17(12-16)24-2)19(21)18(25(3,22)23)13-15-8-5-4-6-9-15/h4-12,18H,13-14H2,1-3H3/t18-/m0/s1. The molecule has 2 aromatic carbocycles. The van der Waals surface area contributed by atoms with Gasteiger partial charge in [0.25, 0.3) is 0 Å². The molecule has 0 unspecified atom stereocenters. The summed E-state index contributed by atoms with van der Waals surface area (Å²) in [7, 11) is -0.335. The summed E-state index contributed by atoms with van der Waals surface area (Å²) in [5, 5.41) is -1.09. The van der Waals surface area contributed by atoms with Crippen LogP contribution in [0, 0.1) is 0 Å². The van der Waals surface area contributed by atoms with E-state index in [1.165, 1.54) is 4.90 Å². The number of amides is 1. The molecule has 0 aromatic heterocycles. The monoisotopic (exact) mass is 361 g/mol. The third kappa shape index (κ3) is 5.32. The summed E-state index contributed by atoms with van der Waals surface area (Å²) in [5.74, 6) is 0.288. The summed E-state index contributed by atoms with van der Waals surface area (Å²) in [5.41, 5.74) is 1.70. The smallest absolute Gasteiger partial charge is 0.241 e. The van der Waals surface area contributed by atoms with E-state index in [0.717, 1.165) is 17.4 Å². The first-order valence-electron chi connectivity index (χ1n) is 7.92. The van der Waals surface area contributed by atoms with Gasteiger partial charge in [-0.15, -0.1) is 0 Å². The Labute approximate surface area is 149 Å². The van der Waals surface area contributed by atoms with Gasteiger partial charge in [0.05, 0.1) is 7.11 Å². The Morgan fingerprint density at radius 1 is 1.08 bits per heavy atom. The Hall–Kier alpha value is -2.34. The summed E-state index contributed by atoms with van der Waals surface area (Å²) in [6, 6.07) is 16.5. The van der Waals surface area contributed by atoms with Crippen molar-refractivity contribution in [3.63, 3.8) is 0 Å². The molecular weight excluding hydrogens is 338 g/mol. The van der Waals surface area contributed by atoms with E-state index < -0.39 is 21.0 Å². The van der Waals surface area contributed by atoms with Gasteiger partial charge < -0.3 is 9.64 Å². The highest BCUT2D eigenvalue weighted by Crippen LogP contribution is 2.17. The second-order valence-electron chi connectivity index (χ2n) is 6.05. The van der Waals surface area contributed by atoms with Crippen LogP contribution in [-0.4, -0.2) is 44.9 Å². The van der Waals surface area contributed by atoms with Crippen LogP contribution in [0.15, 0.2) is 54.6 Å². The van der Waals surface area contributed by atoms with Gasteiger partial charge in [0.2, 0.25) is 5.91 Å². The van der Waals surface area contributed by atoms with Crippen LogP contribution in [-0.2, 0) is 27.6 Å². The van der Waals surface area contributed by atoms with Crippen molar-refractivity contribution in [1.29, 1.82) is 0 Å². The molecular formula is C19H23NO4S. The quantitative estimate of drug-likeness (QED) is 0.759. The maximum absolute atomic E-state index is 12.8. The fraction of sp³-hybridized carbons (Fsp3) is 0.316. The zero-order valence-electron chi connectivity index (χ0n) is 14.7. The van der Waals surface area contributed by atoms with Gasteiger partial charge in [0.15, 0.2) is 9.84 Å². The number of nitrogens with zero attached hydrogens (tertiary/aromatic N) is 1. The molecule has 0 heterocycles. The van der Waals surface area contributed by atoms with Gasteiger partial charge in [-0.3, -0.25) is 4.79 Å². The Bertz CT molecular complexity index is 818. The van der Waals surface area contributed by atoms with Gasteiger partial charge in [-0.2, -0.15) is 0 Å². The van der Waals surface area contributed by atoms with Crippen LogP contribution in [0.5, 0.6) is 5.75 Å². The lowest BCUT2D eigenvalue weighted by Gasteiger charge is -2.23. The SMILES string of the molecule is COc1cccc(CN(C)C(=O)[C@H](Cc2ccccc2)S(C)(=O)=O)c1. The largest absolute Gasteiger partial charge is 0.497 e. The zero-order valence-corrected chi connectivity index (χ0v) is 15.5. The van der Waals surface area contributed by atoms with Crippen molar-refractivity contribution in [3.8, 4) is 5.75 Å². The van der Waals surface area contributed by atoms with Crippen molar-refractivity contribution in [1.82, 2.24) is 4.90 Å². The van der Waals surface area contributed by atoms with Gasteiger partial charge in [0.1, 0.15) is 11.0 Å². The Morgan fingerprint density at radius 2 is 1.72 bits per heavy atom. The summed E-state index contributed by atoms with van der Waals surface area (Å²) < 4.78 is 29.5. The van der Waals surface area contributed by atoms with Crippen LogP contribution in [0.25, 0.3) is 0 Å². The van der Waals surface area contributed by atoms with Crippen molar-refractivity contribution < 1.29 is 17.9 Å². The minimum absolute atomic E-state index is 0.168. The summed E-state index contributed by atoms with van der Waals surface area (Å²) >= 11 is 0.